The largest absolute Gasteiger partial charge is 0.480 e. The third kappa shape index (κ3) is 2.81. The zero-order chi connectivity index (χ0) is 14.0. The number of hydrogen-bond donors (Lipinski definition) is 2. The zero-order valence-corrected chi connectivity index (χ0v) is 11.8. The molecule has 0 aliphatic heterocycles. The number of hydrogen-bond acceptors (Lipinski definition) is 2. The van der Waals surface area contributed by atoms with Crippen LogP contribution in [0, 0.1) is 13.8 Å². The minimum atomic E-state index is -0.893. The van der Waals surface area contributed by atoms with Crippen LogP contribution in [0.25, 0.3) is 0 Å². The Morgan fingerprint density at radius 2 is 2.00 bits per heavy atom. The van der Waals surface area contributed by atoms with Gasteiger partial charge < -0.3 is 10.8 Å². The van der Waals surface area contributed by atoms with E-state index in [4.69, 9.17) is 10.8 Å². The molecule has 1 aliphatic rings. The molecule has 104 valence electrons. The topological polar surface area (TPSA) is 63.3 Å². The summed E-state index contributed by atoms with van der Waals surface area (Å²) in [6.07, 6.45) is 4.99. The molecule has 2 rings (SSSR count). The molecule has 19 heavy (non-hydrogen) atoms. The maximum absolute atomic E-state index is 11.1. The molecule has 0 aromatic heterocycles. The maximum atomic E-state index is 11.1. The molecule has 0 radical (unpaired) electrons. The van der Waals surface area contributed by atoms with Crippen LogP contribution in [0.3, 0.4) is 0 Å². The van der Waals surface area contributed by atoms with Crippen LogP contribution in [0.5, 0.6) is 0 Å². The number of aryl methyl sites for hydroxylation is 2. The fourth-order valence-corrected chi connectivity index (χ4v) is 3.55. The molecule has 1 aromatic rings. The molecule has 3 heteroatoms. The lowest BCUT2D eigenvalue weighted by atomic mass is 9.72. The molecule has 0 spiro atoms. The van der Waals surface area contributed by atoms with Gasteiger partial charge in [0.15, 0.2) is 0 Å². The molecule has 0 saturated heterocycles. The van der Waals surface area contributed by atoms with E-state index in [1.807, 2.05) is 0 Å². The number of nitrogens with two attached hydrogens (primary N) is 1. The number of carboxylic acids is 1. The Bertz CT molecular complexity index is 476. The Hall–Kier alpha value is -1.35. The van der Waals surface area contributed by atoms with Gasteiger partial charge in [-0.1, -0.05) is 36.6 Å². The maximum Gasteiger partial charge on any atom is 0.320 e. The normalized spacial score (nSPS) is 19.3. The summed E-state index contributed by atoms with van der Waals surface area (Å²) in [5.74, 6) is -0.893. The highest BCUT2D eigenvalue weighted by atomic mass is 16.4. The van der Waals surface area contributed by atoms with E-state index >= 15 is 0 Å². The third-order valence-electron chi connectivity index (χ3n) is 4.44. The van der Waals surface area contributed by atoms with E-state index in [0.717, 1.165) is 12.8 Å². The highest BCUT2D eigenvalue weighted by molar-refractivity contribution is 5.73. The third-order valence-corrected chi connectivity index (χ3v) is 4.44. The Balaban J connectivity index is 2.36. The lowest BCUT2D eigenvalue weighted by molar-refractivity contribution is -0.139. The molecule has 1 aromatic carbocycles. The SMILES string of the molecule is Cc1ccc(C2(CC(N)C(=O)O)CCCC2)c(C)c1. The predicted octanol–water partition coefficient (Wildman–Crippen LogP) is 2.92. The van der Waals surface area contributed by atoms with Crippen LogP contribution in [-0.4, -0.2) is 17.1 Å². The highest BCUT2D eigenvalue weighted by Crippen LogP contribution is 2.45. The van der Waals surface area contributed by atoms with Gasteiger partial charge >= 0.3 is 5.97 Å². The van der Waals surface area contributed by atoms with Crippen molar-refractivity contribution in [3.63, 3.8) is 0 Å². The molecule has 1 fully saturated rings. The van der Waals surface area contributed by atoms with E-state index in [9.17, 15) is 4.79 Å². The van der Waals surface area contributed by atoms with E-state index in [1.165, 1.54) is 29.5 Å². The smallest absolute Gasteiger partial charge is 0.320 e. The fourth-order valence-electron chi connectivity index (χ4n) is 3.55. The first-order valence-electron chi connectivity index (χ1n) is 7.01. The standard InChI is InChI=1S/C16H23NO2/c1-11-5-6-13(12(2)9-11)16(7-3-4-8-16)10-14(17)15(18)19/h5-6,9,14H,3-4,7-8,10,17H2,1-2H3,(H,18,19). The second kappa shape index (κ2) is 5.33. The van der Waals surface area contributed by atoms with Gasteiger partial charge in [-0.05, 0) is 49.7 Å². The van der Waals surface area contributed by atoms with E-state index in [0.29, 0.717) is 6.42 Å². The zero-order valence-electron chi connectivity index (χ0n) is 11.8. The Morgan fingerprint density at radius 1 is 1.37 bits per heavy atom. The van der Waals surface area contributed by atoms with Gasteiger partial charge in [0, 0.05) is 0 Å². The number of aliphatic carboxylic acids is 1. The van der Waals surface area contributed by atoms with E-state index < -0.39 is 12.0 Å². The van der Waals surface area contributed by atoms with E-state index in [1.54, 1.807) is 0 Å². The molecule has 0 amide bonds. The van der Waals surface area contributed by atoms with Gasteiger partial charge in [-0.15, -0.1) is 0 Å². The monoisotopic (exact) mass is 261 g/mol. The molecular formula is C16H23NO2. The number of carboxylic acid groups (broad SMARTS) is 1. The van der Waals surface area contributed by atoms with Crippen LogP contribution in [-0.2, 0) is 10.2 Å². The molecule has 1 atom stereocenters. The van der Waals surface area contributed by atoms with Crippen molar-refractivity contribution in [2.45, 2.75) is 57.4 Å². The quantitative estimate of drug-likeness (QED) is 0.876. The van der Waals surface area contributed by atoms with Gasteiger partial charge in [-0.2, -0.15) is 0 Å². The van der Waals surface area contributed by atoms with Crippen LogP contribution < -0.4 is 5.73 Å². The van der Waals surface area contributed by atoms with Crippen LogP contribution >= 0.6 is 0 Å². The average molecular weight is 261 g/mol. The summed E-state index contributed by atoms with van der Waals surface area (Å²) in [6.45, 7) is 4.20. The average Bonchev–Trinajstić information content (AvgIpc) is 2.78. The first kappa shape index (κ1) is 14.1. The second-order valence-corrected chi connectivity index (χ2v) is 5.95. The summed E-state index contributed by atoms with van der Waals surface area (Å²) in [5, 5.41) is 9.09. The molecule has 1 aliphatic carbocycles. The van der Waals surface area contributed by atoms with Crippen molar-refractivity contribution in [3.8, 4) is 0 Å². The minimum Gasteiger partial charge on any atom is -0.480 e. The summed E-state index contributed by atoms with van der Waals surface area (Å²) < 4.78 is 0. The van der Waals surface area contributed by atoms with E-state index in [-0.39, 0.29) is 5.41 Å². The van der Waals surface area contributed by atoms with Crippen molar-refractivity contribution in [3.05, 3.63) is 34.9 Å². The van der Waals surface area contributed by atoms with Gasteiger partial charge in [0.1, 0.15) is 6.04 Å². The Morgan fingerprint density at radius 3 is 2.53 bits per heavy atom. The predicted molar refractivity (Wildman–Crippen MR) is 76.3 cm³/mol. The second-order valence-electron chi connectivity index (χ2n) is 5.95. The first-order valence-corrected chi connectivity index (χ1v) is 7.01. The van der Waals surface area contributed by atoms with Crippen molar-refractivity contribution in [1.29, 1.82) is 0 Å². The van der Waals surface area contributed by atoms with Gasteiger partial charge in [-0.25, -0.2) is 0 Å². The minimum absolute atomic E-state index is 0.0322. The molecular weight excluding hydrogens is 238 g/mol. The number of carbonyl (C=O) groups is 1. The summed E-state index contributed by atoms with van der Waals surface area (Å²) in [4.78, 5) is 11.1. The summed E-state index contributed by atoms with van der Waals surface area (Å²) >= 11 is 0. The summed E-state index contributed by atoms with van der Waals surface area (Å²) in [7, 11) is 0. The highest BCUT2D eigenvalue weighted by Gasteiger charge is 2.39. The molecule has 3 nitrogen and oxygen atoms in total. The van der Waals surface area contributed by atoms with Crippen LogP contribution in [0.2, 0.25) is 0 Å². The molecule has 0 heterocycles. The van der Waals surface area contributed by atoms with Gasteiger partial charge in [-0.3, -0.25) is 4.79 Å². The van der Waals surface area contributed by atoms with Crippen molar-refractivity contribution >= 4 is 5.97 Å². The summed E-state index contributed by atoms with van der Waals surface area (Å²) in [5.41, 5.74) is 9.58. The Kier molecular flexibility index (Phi) is 3.95. The lowest BCUT2D eigenvalue weighted by Crippen LogP contribution is -2.38. The molecule has 0 bridgehead atoms. The van der Waals surface area contributed by atoms with Crippen LogP contribution in [0.1, 0.15) is 48.8 Å². The van der Waals surface area contributed by atoms with Crippen LogP contribution in [0.15, 0.2) is 18.2 Å². The number of benzene rings is 1. The Labute approximate surface area is 114 Å². The van der Waals surface area contributed by atoms with Crippen LogP contribution in [0.4, 0.5) is 0 Å². The number of rotatable bonds is 4. The van der Waals surface area contributed by atoms with Gasteiger partial charge in [0.25, 0.3) is 0 Å². The van der Waals surface area contributed by atoms with Crippen molar-refractivity contribution in [1.82, 2.24) is 0 Å². The van der Waals surface area contributed by atoms with Gasteiger partial charge in [0.2, 0.25) is 0 Å². The molecule has 1 unspecified atom stereocenters. The van der Waals surface area contributed by atoms with Crippen molar-refractivity contribution < 1.29 is 9.90 Å². The van der Waals surface area contributed by atoms with Gasteiger partial charge in [0.05, 0.1) is 0 Å². The molecule has 1 saturated carbocycles. The fraction of sp³-hybridized carbons (Fsp3) is 0.562. The molecule has 3 N–H and O–H groups in total. The van der Waals surface area contributed by atoms with Crippen molar-refractivity contribution in [2.75, 3.05) is 0 Å². The summed E-state index contributed by atoms with van der Waals surface area (Å²) in [6, 6.07) is 5.71. The van der Waals surface area contributed by atoms with E-state index in [2.05, 4.69) is 32.0 Å². The first-order chi connectivity index (χ1) is 8.94. The van der Waals surface area contributed by atoms with Crippen molar-refractivity contribution in [2.24, 2.45) is 5.73 Å². The lowest BCUT2D eigenvalue weighted by Gasteiger charge is -2.33.